The number of anilines is 1. The number of piperidine rings is 1. The van der Waals surface area contributed by atoms with E-state index in [1.165, 1.54) is 18.2 Å². The summed E-state index contributed by atoms with van der Waals surface area (Å²) >= 11 is 0. The van der Waals surface area contributed by atoms with Gasteiger partial charge < -0.3 is 10.6 Å². The maximum Gasteiger partial charge on any atom is 0.149 e. The zero-order valence-electron chi connectivity index (χ0n) is 10.2. The van der Waals surface area contributed by atoms with E-state index in [-0.39, 0.29) is 23.7 Å². The molecule has 0 saturated carbocycles. The first-order valence-electron chi connectivity index (χ1n) is 5.98. The Kier molecular flexibility index (Phi) is 3.33. The molecule has 0 spiro atoms. The fourth-order valence-electron chi connectivity index (χ4n) is 2.48. The van der Waals surface area contributed by atoms with Crippen molar-refractivity contribution in [2.45, 2.75) is 32.4 Å². The second-order valence-electron chi connectivity index (χ2n) is 4.82. The van der Waals surface area contributed by atoms with E-state index in [4.69, 9.17) is 5.73 Å². The highest BCUT2D eigenvalue weighted by molar-refractivity contribution is 5.50. The predicted octanol–water partition coefficient (Wildman–Crippen LogP) is 2.53. The fraction of sp³-hybridized carbons (Fsp3) is 0.538. The van der Waals surface area contributed by atoms with Crippen LogP contribution in [-0.4, -0.2) is 18.6 Å². The molecule has 4 heteroatoms. The van der Waals surface area contributed by atoms with Crippen LogP contribution in [0.15, 0.2) is 18.2 Å². The molecule has 2 nitrogen and oxygen atoms in total. The molecule has 0 amide bonds. The first-order valence-corrected chi connectivity index (χ1v) is 5.98. The molecule has 1 fully saturated rings. The van der Waals surface area contributed by atoms with E-state index in [2.05, 4.69) is 0 Å². The summed E-state index contributed by atoms with van der Waals surface area (Å²) in [6.45, 7) is 4.60. The van der Waals surface area contributed by atoms with Gasteiger partial charge in [0.15, 0.2) is 0 Å². The number of hydrogen-bond donors (Lipinski definition) is 1. The van der Waals surface area contributed by atoms with Crippen molar-refractivity contribution in [2.24, 2.45) is 11.7 Å². The van der Waals surface area contributed by atoms with E-state index in [0.29, 0.717) is 6.54 Å². The van der Waals surface area contributed by atoms with Crippen LogP contribution in [0.5, 0.6) is 0 Å². The van der Waals surface area contributed by atoms with Gasteiger partial charge >= 0.3 is 0 Å². The first-order chi connectivity index (χ1) is 8.02. The van der Waals surface area contributed by atoms with Crippen molar-refractivity contribution in [3.63, 3.8) is 0 Å². The summed E-state index contributed by atoms with van der Waals surface area (Å²) in [5.74, 6) is -0.776. The third-order valence-corrected chi connectivity index (χ3v) is 3.86. The SMILES string of the molecule is CC1C(N)CCN(c2c(F)cccc2F)C1C. The molecule has 2 N–H and O–H groups in total. The molecule has 1 saturated heterocycles. The number of benzene rings is 1. The van der Waals surface area contributed by atoms with Gasteiger partial charge in [-0.3, -0.25) is 0 Å². The summed E-state index contributed by atoms with van der Waals surface area (Å²) in [5.41, 5.74) is 6.05. The highest BCUT2D eigenvalue weighted by Crippen LogP contribution is 2.31. The Morgan fingerprint density at radius 2 is 1.82 bits per heavy atom. The molecule has 3 unspecified atom stereocenters. The zero-order valence-corrected chi connectivity index (χ0v) is 10.2. The number of nitrogens with two attached hydrogens (primary N) is 1. The van der Waals surface area contributed by atoms with Crippen molar-refractivity contribution < 1.29 is 8.78 Å². The van der Waals surface area contributed by atoms with Crippen LogP contribution in [0.4, 0.5) is 14.5 Å². The molecule has 1 heterocycles. The minimum Gasteiger partial charge on any atom is -0.364 e. The maximum atomic E-state index is 13.7. The summed E-state index contributed by atoms with van der Waals surface area (Å²) in [4.78, 5) is 1.79. The predicted molar refractivity (Wildman–Crippen MR) is 64.9 cm³/mol. The number of hydrogen-bond acceptors (Lipinski definition) is 2. The second kappa shape index (κ2) is 4.61. The van der Waals surface area contributed by atoms with Crippen molar-refractivity contribution in [1.29, 1.82) is 0 Å². The molecule has 0 aliphatic carbocycles. The molecule has 1 aliphatic heterocycles. The van der Waals surface area contributed by atoms with Crippen molar-refractivity contribution in [3.05, 3.63) is 29.8 Å². The Hall–Kier alpha value is -1.16. The summed E-state index contributed by atoms with van der Waals surface area (Å²) in [6, 6.07) is 4.13. The van der Waals surface area contributed by atoms with E-state index in [9.17, 15) is 8.78 Å². The van der Waals surface area contributed by atoms with Crippen molar-refractivity contribution in [3.8, 4) is 0 Å². The van der Waals surface area contributed by atoms with Gasteiger partial charge in [-0.25, -0.2) is 8.78 Å². The zero-order chi connectivity index (χ0) is 12.6. The lowest BCUT2D eigenvalue weighted by molar-refractivity contribution is 0.311. The summed E-state index contributed by atoms with van der Waals surface area (Å²) in [6.07, 6.45) is 0.763. The van der Waals surface area contributed by atoms with E-state index in [0.717, 1.165) is 6.42 Å². The third-order valence-electron chi connectivity index (χ3n) is 3.86. The Bertz CT molecular complexity index is 388. The molecular formula is C13H18F2N2. The monoisotopic (exact) mass is 240 g/mol. The van der Waals surface area contributed by atoms with Crippen LogP contribution in [0.1, 0.15) is 20.3 Å². The minimum atomic E-state index is -0.500. The lowest BCUT2D eigenvalue weighted by Gasteiger charge is -2.42. The van der Waals surface area contributed by atoms with Crippen LogP contribution in [0.3, 0.4) is 0 Å². The van der Waals surface area contributed by atoms with Crippen molar-refractivity contribution in [1.82, 2.24) is 0 Å². The van der Waals surface area contributed by atoms with Crippen LogP contribution >= 0.6 is 0 Å². The Labute approximate surface area is 100 Å². The molecule has 0 radical (unpaired) electrons. The van der Waals surface area contributed by atoms with E-state index < -0.39 is 11.6 Å². The highest BCUT2D eigenvalue weighted by atomic mass is 19.1. The van der Waals surface area contributed by atoms with Gasteiger partial charge in [-0.2, -0.15) is 0 Å². The normalized spacial score (nSPS) is 29.5. The molecule has 17 heavy (non-hydrogen) atoms. The number of rotatable bonds is 1. The van der Waals surface area contributed by atoms with E-state index >= 15 is 0 Å². The summed E-state index contributed by atoms with van der Waals surface area (Å²) in [7, 11) is 0. The molecule has 1 aromatic rings. The topological polar surface area (TPSA) is 29.3 Å². The molecular weight excluding hydrogens is 222 g/mol. The van der Waals surface area contributed by atoms with Gasteiger partial charge in [0.1, 0.15) is 17.3 Å². The van der Waals surface area contributed by atoms with Crippen LogP contribution in [0.2, 0.25) is 0 Å². The third kappa shape index (κ3) is 2.14. The molecule has 2 rings (SSSR count). The van der Waals surface area contributed by atoms with E-state index in [1.54, 1.807) is 4.90 Å². The Balaban J connectivity index is 2.34. The number of para-hydroxylation sites is 1. The first kappa shape index (κ1) is 12.3. The standard InChI is InChI=1S/C13H18F2N2/c1-8-9(2)17(7-6-12(8)16)13-10(14)4-3-5-11(13)15/h3-5,8-9,12H,6-7,16H2,1-2H3. The number of nitrogens with zero attached hydrogens (tertiary/aromatic N) is 1. The summed E-state index contributed by atoms with van der Waals surface area (Å²) in [5, 5.41) is 0. The van der Waals surface area contributed by atoms with Crippen molar-refractivity contribution in [2.75, 3.05) is 11.4 Å². The van der Waals surface area contributed by atoms with Crippen molar-refractivity contribution >= 4 is 5.69 Å². The summed E-state index contributed by atoms with van der Waals surface area (Å²) < 4.78 is 27.4. The molecule has 1 aliphatic rings. The maximum absolute atomic E-state index is 13.7. The van der Waals surface area contributed by atoms with Gasteiger partial charge in [0.05, 0.1) is 0 Å². The molecule has 3 atom stereocenters. The lowest BCUT2D eigenvalue weighted by atomic mass is 9.87. The van der Waals surface area contributed by atoms with Gasteiger partial charge in [0.2, 0.25) is 0 Å². The average molecular weight is 240 g/mol. The average Bonchev–Trinajstić information content (AvgIpc) is 2.29. The Morgan fingerprint density at radius 3 is 2.41 bits per heavy atom. The molecule has 1 aromatic carbocycles. The molecule has 94 valence electrons. The second-order valence-corrected chi connectivity index (χ2v) is 4.82. The van der Waals surface area contributed by atoms with Gasteiger partial charge in [-0.15, -0.1) is 0 Å². The largest absolute Gasteiger partial charge is 0.364 e. The smallest absolute Gasteiger partial charge is 0.149 e. The van der Waals surface area contributed by atoms with Crippen LogP contribution in [-0.2, 0) is 0 Å². The Morgan fingerprint density at radius 1 is 1.24 bits per heavy atom. The van der Waals surface area contributed by atoms with Crippen LogP contribution < -0.4 is 10.6 Å². The van der Waals surface area contributed by atoms with Crippen LogP contribution in [0.25, 0.3) is 0 Å². The van der Waals surface area contributed by atoms with Gasteiger partial charge in [0, 0.05) is 18.6 Å². The molecule has 0 aromatic heterocycles. The van der Waals surface area contributed by atoms with E-state index in [1.807, 2.05) is 13.8 Å². The lowest BCUT2D eigenvalue weighted by Crippen LogP contribution is -2.52. The highest BCUT2D eigenvalue weighted by Gasteiger charge is 2.32. The van der Waals surface area contributed by atoms with Crippen LogP contribution in [0, 0.1) is 17.6 Å². The minimum absolute atomic E-state index is 0.0464. The van der Waals surface area contributed by atoms with Gasteiger partial charge in [-0.1, -0.05) is 13.0 Å². The fourth-order valence-corrected chi connectivity index (χ4v) is 2.48. The quantitative estimate of drug-likeness (QED) is 0.817. The van der Waals surface area contributed by atoms with Gasteiger partial charge in [-0.05, 0) is 31.4 Å². The van der Waals surface area contributed by atoms with Gasteiger partial charge in [0.25, 0.3) is 0 Å². The number of halogens is 2. The molecule has 0 bridgehead atoms.